The second-order valence-corrected chi connectivity index (χ2v) is 7.99. The van der Waals surface area contributed by atoms with Crippen LogP contribution in [0, 0.1) is 0 Å². The molecule has 0 aromatic carbocycles. The van der Waals surface area contributed by atoms with Crippen molar-refractivity contribution in [3.63, 3.8) is 0 Å². The van der Waals surface area contributed by atoms with Crippen LogP contribution in [0.4, 0.5) is 5.95 Å². The first kappa shape index (κ1) is 25.1. The number of rotatable bonds is 8. The molecule has 0 atom stereocenters. The van der Waals surface area contributed by atoms with Crippen molar-refractivity contribution in [2.45, 2.75) is 38.6 Å². The number of piperazine rings is 1. The molecular weight excluding hydrogens is 491 g/mol. The predicted molar refractivity (Wildman–Crippen MR) is 135 cm³/mol. The molecule has 0 unspecified atom stereocenters. The second kappa shape index (κ2) is 14.0. The van der Waals surface area contributed by atoms with Crippen LogP contribution in [-0.4, -0.2) is 97.7 Å². The van der Waals surface area contributed by atoms with Gasteiger partial charge in [0.15, 0.2) is 5.96 Å². The Bertz CT molecular complexity index is 598. The third-order valence-electron chi connectivity index (χ3n) is 5.84. The molecule has 0 radical (unpaired) electrons. The van der Waals surface area contributed by atoms with Crippen molar-refractivity contribution < 1.29 is 0 Å². The van der Waals surface area contributed by atoms with Crippen molar-refractivity contribution >= 4 is 35.9 Å². The number of guanidine groups is 1. The first-order valence-corrected chi connectivity index (χ1v) is 11.2. The van der Waals surface area contributed by atoms with Gasteiger partial charge in [-0.05, 0) is 44.8 Å². The Hall–Kier alpha value is -1.20. The Kier molecular flexibility index (Phi) is 11.7. The molecule has 30 heavy (non-hydrogen) atoms. The van der Waals surface area contributed by atoms with E-state index in [4.69, 9.17) is 0 Å². The van der Waals surface area contributed by atoms with Crippen molar-refractivity contribution in [2.24, 2.45) is 4.99 Å². The lowest BCUT2D eigenvalue weighted by Crippen LogP contribution is -2.49. The Morgan fingerprint density at radius 1 is 1.03 bits per heavy atom. The maximum Gasteiger partial charge on any atom is 0.225 e. The molecule has 0 aliphatic carbocycles. The fourth-order valence-corrected chi connectivity index (χ4v) is 4.14. The lowest BCUT2D eigenvalue weighted by atomic mass is 10.1. The van der Waals surface area contributed by atoms with Crippen LogP contribution in [0.2, 0.25) is 0 Å². The van der Waals surface area contributed by atoms with E-state index in [9.17, 15) is 0 Å². The van der Waals surface area contributed by atoms with Crippen molar-refractivity contribution in [1.29, 1.82) is 0 Å². The van der Waals surface area contributed by atoms with Gasteiger partial charge in [0.1, 0.15) is 0 Å². The minimum atomic E-state index is 0. The van der Waals surface area contributed by atoms with E-state index in [0.29, 0.717) is 6.04 Å². The number of hydrogen-bond acceptors (Lipinski definition) is 6. The van der Waals surface area contributed by atoms with Gasteiger partial charge in [0.2, 0.25) is 5.95 Å². The van der Waals surface area contributed by atoms with Crippen LogP contribution in [0.3, 0.4) is 0 Å². The number of halogens is 1. The van der Waals surface area contributed by atoms with E-state index in [1.54, 1.807) is 0 Å². The molecule has 0 saturated carbocycles. The molecule has 2 aliphatic heterocycles. The van der Waals surface area contributed by atoms with Crippen molar-refractivity contribution in [2.75, 3.05) is 70.9 Å². The van der Waals surface area contributed by atoms with Gasteiger partial charge >= 0.3 is 0 Å². The molecule has 3 heterocycles. The molecule has 0 amide bonds. The number of nitrogens with zero attached hydrogens (tertiary/aromatic N) is 6. The minimum Gasteiger partial charge on any atom is -0.356 e. The van der Waals surface area contributed by atoms with E-state index in [1.807, 2.05) is 25.5 Å². The lowest BCUT2D eigenvalue weighted by Gasteiger charge is -2.34. The molecule has 0 bridgehead atoms. The van der Waals surface area contributed by atoms with E-state index in [2.05, 4.69) is 47.2 Å². The van der Waals surface area contributed by atoms with Gasteiger partial charge in [-0.15, -0.1) is 24.0 Å². The van der Waals surface area contributed by atoms with Crippen LogP contribution in [0.15, 0.2) is 23.5 Å². The monoisotopic (exact) mass is 530 g/mol. The molecule has 2 saturated heterocycles. The summed E-state index contributed by atoms with van der Waals surface area (Å²) in [6, 6.07) is 2.41. The summed E-state index contributed by atoms with van der Waals surface area (Å²) >= 11 is 0. The summed E-state index contributed by atoms with van der Waals surface area (Å²) < 4.78 is 0. The quantitative estimate of drug-likeness (QED) is 0.229. The molecular formula is C21H39IN8. The van der Waals surface area contributed by atoms with Gasteiger partial charge in [-0.1, -0.05) is 6.92 Å². The average molecular weight is 531 g/mol. The van der Waals surface area contributed by atoms with Gasteiger partial charge < -0.3 is 20.4 Å². The van der Waals surface area contributed by atoms with Crippen molar-refractivity contribution in [3.05, 3.63) is 18.5 Å². The molecule has 9 heteroatoms. The summed E-state index contributed by atoms with van der Waals surface area (Å²) in [6.07, 6.45) is 8.41. The third-order valence-corrected chi connectivity index (χ3v) is 5.84. The zero-order chi connectivity index (χ0) is 20.3. The molecule has 2 aliphatic rings. The van der Waals surface area contributed by atoms with Gasteiger partial charge in [-0.25, -0.2) is 9.97 Å². The number of anilines is 1. The maximum atomic E-state index is 4.41. The number of aromatic nitrogens is 2. The first-order valence-electron chi connectivity index (χ1n) is 11.2. The van der Waals surface area contributed by atoms with Crippen LogP contribution in [0.25, 0.3) is 0 Å². The Labute approximate surface area is 198 Å². The predicted octanol–water partition coefficient (Wildman–Crippen LogP) is 1.65. The van der Waals surface area contributed by atoms with Crippen LogP contribution >= 0.6 is 24.0 Å². The van der Waals surface area contributed by atoms with E-state index in [1.165, 1.54) is 38.9 Å². The van der Waals surface area contributed by atoms with Crippen LogP contribution in [-0.2, 0) is 0 Å². The lowest BCUT2D eigenvalue weighted by molar-refractivity contribution is 0.206. The zero-order valence-electron chi connectivity index (χ0n) is 18.6. The molecule has 3 rings (SSSR count). The fourth-order valence-electron chi connectivity index (χ4n) is 4.14. The first-order chi connectivity index (χ1) is 14.3. The second-order valence-electron chi connectivity index (χ2n) is 7.99. The van der Waals surface area contributed by atoms with Crippen molar-refractivity contribution in [1.82, 2.24) is 30.4 Å². The minimum absolute atomic E-state index is 0. The number of hydrogen-bond donors (Lipinski definition) is 2. The Balaban J connectivity index is 0.00000320. The summed E-state index contributed by atoms with van der Waals surface area (Å²) in [7, 11) is 1.87. The molecule has 1 aromatic rings. The fraction of sp³-hybridized carbons (Fsp3) is 0.762. The standard InChI is InChI=1S/C21H38N8.HI/c1-3-11-27-13-6-19(7-14-27)26-20(22-2)23-10-5-12-28-15-17-29(18-16-28)21-24-8-4-9-25-21;/h4,8-9,19H,3,5-7,10-18H2,1-2H3,(H2,22,23,26);1H. The summed E-state index contributed by atoms with van der Waals surface area (Å²) in [4.78, 5) is 20.5. The molecule has 1 aromatic heterocycles. The van der Waals surface area contributed by atoms with Crippen molar-refractivity contribution in [3.8, 4) is 0 Å². The van der Waals surface area contributed by atoms with Gasteiger partial charge in [0.05, 0.1) is 0 Å². The van der Waals surface area contributed by atoms with Gasteiger partial charge in [0, 0.05) is 71.3 Å². The highest BCUT2D eigenvalue weighted by Gasteiger charge is 2.20. The largest absolute Gasteiger partial charge is 0.356 e. The SMILES string of the molecule is CCCN1CCC(NC(=NC)NCCCN2CCN(c3ncccn3)CC2)CC1.I. The number of aliphatic imine (C=N–C) groups is 1. The van der Waals surface area contributed by atoms with Gasteiger partial charge in [0.25, 0.3) is 0 Å². The maximum absolute atomic E-state index is 4.41. The Morgan fingerprint density at radius 3 is 2.33 bits per heavy atom. The van der Waals surface area contributed by atoms with Crippen LogP contribution in [0.5, 0.6) is 0 Å². The summed E-state index contributed by atoms with van der Waals surface area (Å²) in [6.45, 7) is 12.1. The summed E-state index contributed by atoms with van der Waals surface area (Å²) in [5, 5.41) is 7.10. The molecule has 2 fully saturated rings. The summed E-state index contributed by atoms with van der Waals surface area (Å²) in [5.74, 6) is 1.80. The highest BCUT2D eigenvalue weighted by molar-refractivity contribution is 14.0. The zero-order valence-corrected chi connectivity index (χ0v) is 20.9. The third kappa shape index (κ3) is 8.14. The average Bonchev–Trinajstić information content (AvgIpc) is 2.78. The van der Waals surface area contributed by atoms with E-state index < -0.39 is 0 Å². The van der Waals surface area contributed by atoms with Crippen LogP contribution in [0.1, 0.15) is 32.6 Å². The Morgan fingerprint density at radius 2 is 1.70 bits per heavy atom. The van der Waals surface area contributed by atoms with E-state index in [-0.39, 0.29) is 24.0 Å². The van der Waals surface area contributed by atoms with E-state index >= 15 is 0 Å². The normalized spacial score (nSPS) is 19.4. The molecule has 170 valence electrons. The molecule has 8 nitrogen and oxygen atoms in total. The highest BCUT2D eigenvalue weighted by atomic mass is 127. The molecule has 2 N–H and O–H groups in total. The smallest absolute Gasteiger partial charge is 0.225 e. The number of likely N-dealkylation sites (tertiary alicyclic amines) is 1. The van der Waals surface area contributed by atoms with Gasteiger partial charge in [-0.3, -0.25) is 9.89 Å². The highest BCUT2D eigenvalue weighted by Crippen LogP contribution is 2.11. The van der Waals surface area contributed by atoms with E-state index in [0.717, 1.165) is 57.6 Å². The summed E-state index contributed by atoms with van der Waals surface area (Å²) in [5.41, 5.74) is 0. The number of piperidine rings is 1. The number of nitrogens with one attached hydrogen (secondary N) is 2. The van der Waals surface area contributed by atoms with Crippen LogP contribution < -0.4 is 15.5 Å². The van der Waals surface area contributed by atoms with Gasteiger partial charge in [-0.2, -0.15) is 0 Å². The topological polar surface area (TPSA) is 71.9 Å². The molecule has 0 spiro atoms.